The molecule has 0 radical (unpaired) electrons. The molecule has 1 unspecified atom stereocenters. The van der Waals surface area contributed by atoms with E-state index in [-0.39, 0.29) is 17.7 Å². The van der Waals surface area contributed by atoms with Crippen molar-refractivity contribution in [3.05, 3.63) is 54.5 Å². The highest BCUT2D eigenvalue weighted by Gasteiger charge is 2.56. The van der Waals surface area contributed by atoms with Gasteiger partial charge in [0.25, 0.3) is 0 Å². The maximum Gasteiger partial charge on any atom is 0.459 e. The summed E-state index contributed by atoms with van der Waals surface area (Å²) in [5, 5.41) is 29.3. The summed E-state index contributed by atoms with van der Waals surface area (Å²) in [6.07, 6.45) is 3.62. The lowest BCUT2D eigenvalue weighted by atomic mass is 9.77. The topological polar surface area (TPSA) is 180 Å². The third-order valence-corrected chi connectivity index (χ3v) is 10.3. The lowest BCUT2D eigenvalue weighted by Gasteiger charge is -2.42. The monoisotopic (exact) mass is 615 g/mol. The van der Waals surface area contributed by atoms with Crippen molar-refractivity contribution in [2.24, 2.45) is 0 Å². The number of carbonyl (C=O) groups excluding carboxylic acids is 1. The summed E-state index contributed by atoms with van der Waals surface area (Å²) in [4.78, 5) is 17.4. The molecule has 3 aliphatic rings. The first-order chi connectivity index (χ1) is 20.6. The van der Waals surface area contributed by atoms with Crippen LogP contribution in [-0.4, -0.2) is 66.8 Å². The number of esters is 1. The maximum atomic E-state index is 14.4. The molecule has 232 valence electrons. The molecule has 2 aromatic heterocycles. The Kier molecular flexibility index (Phi) is 8.22. The molecule has 2 saturated carbocycles. The van der Waals surface area contributed by atoms with E-state index in [9.17, 15) is 19.6 Å². The Hall–Kier alpha value is -3.06. The van der Waals surface area contributed by atoms with Gasteiger partial charge in [0.05, 0.1) is 12.3 Å². The number of fused-ring (bicyclic) bond motifs is 1. The van der Waals surface area contributed by atoms with E-state index in [0.717, 1.165) is 38.5 Å². The molecule has 14 heteroatoms. The zero-order valence-corrected chi connectivity index (χ0v) is 24.9. The van der Waals surface area contributed by atoms with Crippen molar-refractivity contribution in [1.82, 2.24) is 19.7 Å². The van der Waals surface area contributed by atoms with Crippen molar-refractivity contribution < 1.29 is 38.1 Å². The first-order valence-corrected chi connectivity index (χ1v) is 16.3. The van der Waals surface area contributed by atoms with Crippen LogP contribution in [0.1, 0.15) is 70.1 Å². The number of hydrogen-bond donors (Lipinski definition) is 4. The number of aromatic nitrogens is 3. The molecule has 5 atom stereocenters. The SMILES string of the molecule is C[C@]1(COP(=O)(NC2(C(=O)OC3CCCCC3)CCC2)Oc2ccccc2)O[C@@H](c2ccc3c(N)ncnn23)[C@H](O)[C@@H]1O. The van der Waals surface area contributed by atoms with Crippen LogP contribution in [0, 0.1) is 0 Å². The number of anilines is 1. The predicted molar refractivity (Wildman–Crippen MR) is 155 cm³/mol. The van der Waals surface area contributed by atoms with Gasteiger partial charge in [0.1, 0.15) is 53.1 Å². The summed E-state index contributed by atoms with van der Waals surface area (Å²) in [6.45, 7) is 1.11. The van der Waals surface area contributed by atoms with Crippen LogP contribution in [0.2, 0.25) is 0 Å². The van der Waals surface area contributed by atoms with E-state index in [0.29, 0.717) is 24.1 Å². The summed E-state index contributed by atoms with van der Waals surface area (Å²) in [5.74, 6) is 0.0464. The average molecular weight is 616 g/mol. The fourth-order valence-corrected chi connectivity index (χ4v) is 7.84. The Labute approximate surface area is 249 Å². The quantitative estimate of drug-likeness (QED) is 0.193. The molecule has 0 bridgehead atoms. The number of aliphatic hydroxyl groups is 2. The van der Waals surface area contributed by atoms with Crippen LogP contribution in [0.15, 0.2) is 48.8 Å². The Morgan fingerprint density at radius 3 is 2.58 bits per heavy atom. The van der Waals surface area contributed by atoms with Crippen molar-refractivity contribution in [1.29, 1.82) is 0 Å². The summed E-state index contributed by atoms with van der Waals surface area (Å²) in [6, 6.07) is 11.8. The number of hydrogen-bond acceptors (Lipinski definition) is 11. The molecular weight excluding hydrogens is 577 g/mol. The fraction of sp³-hybridized carbons (Fsp3) is 0.552. The van der Waals surface area contributed by atoms with Crippen LogP contribution in [-0.2, 0) is 23.4 Å². The number of rotatable bonds is 10. The van der Waals surface area contributed by atoms with Gasteiger partial charge in [-0.1, -0.05) is 24.6 Å². The molecule has 3 fully saturated rings. The molecule has 6 rings (SSSR count). The Balaban J connectivity index is 1.22. The van der Waals surface area contributed by atoms with Crippen molar-refractivity contribution >= 4 is 25.1 Å². The number of benzene rings is 1. The van der Waals surface area contributed by atoms with Gasteiger partial charge in [-0.2, -0.15) is 10.2 Å². The van der Waals surface area contributed by atoms with Crippen molar-refractivity contribution in [3.63, 3.8) is 0 Å². The van der Waals surface area contributed by atoms with Crippen LogP contribution < -0.4 is 15.3 Å². The second kappa shape index (κ2) is 11.8. The third kappa shape index (κ3) is 5.90. The molecule has 3 heterocycles. The van der Waals surface area contributed by atoms with Crippen LogP contribution in [0.4, 0.5) is 5.82 Å². The van der Waals surface area contributed by atoms with E-state index in [1.54, 1.807) is 49.4 Å². The molecule has 43 heavy (non-hydrogen) atoms. The van der Waals surface area contributed by atoms with Gasteiger partial charge in [0, 0.05) is 0 Å². The second-order valence-electron chi connectivity index (χ2n) is 11.9. The van der Waals surface area contributed by atoms with Crippen LogP contribution in [0.3, 0.4) is 0 Å². The van der Waals surface area contributed by atoms with Gasteiger partial charge < -0.3 is 29.9 Å². The van der Waals surface area contributed by atoms with Gasteiger partial charge in [-0.3, -0.25) is 9.32 Å². The molecule has 1 saturated heterocycles. The minimum Gasteiger partial charge on any atom is -0.461 e. The molecule has 1 aromatic carbocycles. The van der Waals surface area contributed by atoms with E-state index in [2.05, 4.69) is 15.2 Å². The lowest BCUT2D eigenvalue weighted by Crippen LogP contribution is -2.58. The number of ether oxygens (including phenoxy) is 2. The summed E-state index contributed by atoms with van der Waals surface area (Å²) >= 11 is 0. The molecule has 5 N–H and O–H groups in total. The Bertz CT molecular complexity index is 1490. The van der Waals surface area contributed by atoms with Crippen LogP contribution >= 0.6 is 7.75 Å². The number of nitrogens with zero attached hydrogens (tertiary/aromatic N) is 3. The standard InChI is InChI=1S/C29H38N5O8P/c1-28(25(36)23(35)24(41-28)21-13-14-22-26(30)31-18-32-34(21)22)17-39-43(38,42-20-11-6-3-7-12-20)33-29(15-8-16-29)27(37)40-19-9-4-2-5-10-19/h3,6-7,11-14,18-19,23-25,35-36H,2,4-5,8-10,15-17H2,1H3,(H,33,38)(H2,30,31,32)/t23-,24-,25-,28+,43?/m0/s1. The van der Waals surface area contributed by atoms with Gasteiger partial charge in [-0.05, 0) is 76.1 Å². The number of nitrogens with one attached hydrogen (secondary N) is 1. The third-order valence-electron chi connectivity index (χ3n) is 8.72. The first-order valence-electron chi connectivity index (χ1n) is 14.7. The number of nitrogens with two attached hydrogens (primary N) is 1. The van der Waals surface area contributed by atoms with E-state index in [1.165, 1.54) is 10.8 Å². The molecule has 1 aliphatic heterocycles. The lowest BCUT2D eigenvalue weighted by molar-refractivity contribution is -0.162. The molecular formula is C29H38N5O8P. The number of nitrogen functional groups attached to an aromatic ring is 1. The molecule has 3 aromatic rings. The normalized spacial score (nSPS) is 28.7. The van der Waals surface area contributed by atoms with Crippen molar-refractivity contribution in [2.45, 2.75) is 93.8 Å². The van der Waals surface area contributed by atoms with E-state index >= 15 is 0 Å². The highest BCUT2D eigenvalue weighted by atomic mass is 31.2. The van der Waals surface area contributed by atoms with Crippen molar-refractivity contribution in [2.75, 3.05) is 12.3 Å². The fourth-order valence-electron chi connectivity index (χ4n) is 6.02. The predicted octanol–water partition coefficient (Wildman–Crippen LogP) is 3.46. The minimum atomic E-state index is -4.27. The highest BCUT2D eigenvalue weighted by molar-refractivity contribution is 7.52. The summed E-state index contributed by atoms with van der Waals surface area (Å²) < 4.78 is 39.8. The smallest absolute Gasteiger partial charge is 0.459 e. The zero-order valence-electron chi connectivity index (χ0n) is 24.0. The molecule has 0 spiro atoms. The van der Waals surface area contributed by atoms with Crippen molar-refractivity contribution in [3.8, 4) is 5.75 Å². The number of aliphatic hydroxyl groups excluding tert-OH is 2. The van der Waals surface area contributed by atoms with Gasteiger partial charge in [-0.15, -0.1) is 0 Å². The summed E-state index contributed by atoms with van der Waals surface area (Å²) in [5.41, 5.74) is 4.17. The zero-order chi connectivity index (χ0) is 30.2. The average Bonchev–Trinajstić information content (AvgIpc) is 3.51. The van der Waals surface area contributed by atoms with E-state index < -0.39 is 49.8 Å². The highest BCUT2D eigenvalue weighted by Crippen LogP contribution is 2.52. The van der Waals surface area contributed by atoms with Gasteiger partial charge in [0.2, 0.25) is 0 Å². The van der Waals surface area contributed by atoms with Crippen LogP contribution in [0.5, 0.6) is 5.75 Å². The van der Waals surface area contributed by atoms with Gasteiger partial charge in [-0.25, -0.2) is 14.1 Å². The molecule has 2 aliphatic carbocycles. The summed E-state index contributed by atoms with van der Waals surface area (Å²) in [7, 11) is -4.27. The molecule has 13 nitrogen and oxygen atoms in total. The largest absolute Gasteiger partial charge is 0.461 e. The second-order valence-corrected chi connectivity index (χ2v) is 13.5. The minimum absolute atomic E-state index is 0.166. The van der Waals surface area contributed by atoms with Gasteiger partial charge in [0.15, 0.2) is 5.82 Å². The number of para-hydroxylation sites is 1. The van der Waals surface area contributed by atoms with E-state index in [1.807, 2.05) is 0 Å². The Morgan fingerprint density at radius 1 is 1.14 bits per heavy atom. The van der Waals surface area contributed by atoms with Gasteiger partial charge >= 0.3 is 13.7 Å². The van der Waals surface area contributed by atoms with Crippen LogP contribution in [0.25, 0.3) is 5.52 Å². The van der Waals surface area contributed by atoms with E-state index in [4.69, 9.17) is 24.3 Å². The Morgan fingerprint density at radius 2 is 1.88 bits per heavy atom. The molecule has 0 amide bonds. The first kappa shape index (κ1) is 30.0. The maximum absolute atomic E-state index is 14.4. The number of carbonyl (C=O) groups is 1.